The standard InChI is InChI=1S/C18H21BrN2O2/c1-4-5-10-21-13(3)12(2)11-16(18(21)23)20-17(22)14-8-6-7-9-15(14)19/h6-9,11H,4-5,10H2,1-3H3,(H,20,22). The first-order chi connectivity index (χ1) is 11.0. The zero-order chi connectivity index (χ0) is 17.0. The van der Waals surface area contributed by atoms with Crippen LogP contribution in [0.15, 0.2) is 39.6 Å². The molecule has 0 saturated heterocycles. The molecule has 0 saturated carbocycles. The summed E-state index contributed by atoms with van der Waals surface area (Å²) in [5.41, 5.74) is 2.61. The Bertz CT molecular complexity index is 781. The van der Waals surface area contributed by atoms with Gasteiger partial charge in [-0.05, 0) is 60.0 Å². The van der Waals surface area contributed by atoms with Crippen molar-refractivity contribution in [1.29, 1.82) is 0 Å². The number of hydrogen-bond donors (Lipinski definition) is 1. The molecule has 1 aromatic carbocycles. The van der Waals surface area contributed by atoms with E-state index < -0.39 is 0 Å². The van der Waals surface area contributed by atoms with E-state index in [2.05, 4.69) is 28.2 Å². The van der Waals surface area contributed by atoms with Crippen molar-refractivity contribution in [3.63, 3.8) is 0 Å². The van der Waals surface area contributed by atoms with Gasteiger partial charge in [0.05, 0.1) is 5.56 Å². The molecule has 0 unspecified atom stereocenters. The highest BCUT2D eigenvalue weighted by molar-refractivity contribution is 9.10. The average Bonchev–Trinajstić information content (AvgIpc) is 2.53. The summed E-state index contributed by atoms with van der Waals surface area (Å²) >= 11 is 3.36. The molecule has 2 aromatic rings. The zero-order valence-corrected chi connectivity index (χ0v) is 15.2. The maximum atomic E-state index is 12.6. The molecule has 0 spiro atoms. The van der Waals surface area contributed by atoms with Crippen LogP contribution in [0.25, 0.3) is 0 Å². The van der Waals surface area contributed by atoms with Crippen molar-refractivity contribution in [2.75, 3.05) is 5.32 Å². The molecule has 2 rings (SSSR count). The fourth-order valence-electron chi connectivity index (χ4n) is 2.40. The summed E-state index contributed by atoms with van der Waals surface area (Å²) in [6, 6.07) is 8.90. The molecular weight excluding hydrogens is 356 g/mol. The van der Waals surface area contributed by atoms with Crippen LogP contribution in [0.5, 0.6) is 0 Å². The van der Waals surface area contributed by atoms with Crippen molar-refractivity contribution in [3.8, 4) is 0 Å². The normalized spacial score (nSPS) is 10.6. The van der Waals surface area contributed by atoms with Crippen LogP contribution < -0.4 is 10.9 Å². The van der Waals surface area contributed by atoms with Gasteiger partial charge in [-0.25, -0.2) is 0 Å². The van der Waals surface area contributed by atoms with Gasteiger partial charge in [-0.1, -0.05) is 25.5 Å². The van der Waals surface area contributed by atoms with E-state index in [1.54, 1.807) is 28.8 Å². The van der Waals surface area contributed by atoms with Gasteiger partial charge in [0.15, 0.2) is 0 Å². The molecule has 4 nitrogen and oxygen atoms in total. The second kappa shape index (κ2) is 7.59. The second-order valence-electron chi connectivity index (χ2n) is 5.57. The number of nitrogens with one attached hydrogen (secondary N) is 1. The van der Waals surface area contributed by atoms with Crippen molar-refractivity contribution in [2.45, 2.75) is 40.2 Å². The summed E-state index contributed by atoms with van der Waals surface area (Å²) in [4.78, 5) is 25.1. The number of carbonyl (C=O) groups excluding carboxylic acids is 1. The number of halogens is 1. The number of hydrogen-bond acceptors (Lipinski definition) is 2. The number of amides is 1. The Hall–Kier alpha value is -1.88. The van der Waals surface area contributed by atoms with E-state index in [-0.39, 0.29) is 11.5 Å². The Balaban J connectivity index is 2.37. The zero-order valence-electron chi connectivity index (χ0n) is 13.6. The van der Waals surface area contributed by atoms with Crippen molar-refractivity contribution in [2.24, 2.45) is 0 Å². The molecular formula is C18H21BrN2O2. The monoisotopic (exact) mass is 376 g/mol. The fraction of sp³-hybridized carbons (Fsp3) is 0.333. The van der Waals surface area contributed by atoms with E-state index in [0.717, 1.165) is 24.1 Å². The van der Waals surface area contributed by atoms with E-state index in [9.17, 15) is 9.59 Å². The summed E-state index contributed by atoms with van der Waals surface area (Å²) in [6.07, 6.45) is 1.94. The van der Waals surface area contributed by atoms with Gasteiger partial charge >= 0.3 is 0 Å². The van der Waals surface area contributed by atoms with E-state index >= 15 is 0 Å². The maximum Gasteiger partial charge on any atom is 0.274 e. The summed E-state index contributed by atoms with van der Waals surface area (Å²) in [5, 5.41) is 2.75. The van der Waals surface area contributed by atoms with E-state index in [0.29, 0.717) is 22.3 Å². The molecule has 0 bridgehead atoms. The Morgan fingerprint density at radius 1 is 1.26 bits per heavy atom. The SMILES string of the molecule is CCCCn1c(C)c(C)cc(NC(=O)c2ccccc2Br)c1=O. The third-order valence-electron chi connectivity index (χ3n) is 3.91. The van der Waals surface area contributed by atoms with E-state index in [4.69, 9.17) is 0 Å². The van der Waals surface area contributed by atoms with Gasteiger partial charge in [0.2, 0.25) is 0 Å². The lowest BCUT2D eigenvalue weighted by molar-refractivity contribution is 0.102. The lowest BCUT2D eigenvalue weighted by Crippen LogP contribution is -2.28. The minimum Gasteiger partial charge on any atom is -0.317 e. The molecule has 0 atom stereocenters. The van der Waals surface area contributed by atoms with Crippen LogP contribution in [-0.4, -0.2) is 10.5 Å². The highest BCUT2D eigenvalue weighted by atomic mass is 79.9. The highest BCUT2D eigenvalue weighted by Crippen LogP contribution is 2.18. The molecule has 1 aromatic heterocycles. The minimum absolute atomic E-state index is 0.151. The lowest BCUT2D eigenvalue weighted by atomic mass is 10.1. The molecule has 1 heterocycles. The van der Waals surface area contributed by atoms with Gasteiger partial charge in [0.25, 0.3) is 11.5 Å². The lowest BCUT2D eigenvalue weighted by Gasteiger charge is -2.15. The van der Waals surface area contributed by atoms with Crippen LogP contribution in [-0.2, 0) is 6.54 Å². The van der Waals surface area contributed by atoms with Crippen molar-refractivity contribution < 1.29 is 4.79 Å². The van der Waals surface area contributed by atoms with Gasteiger partial charge in [-0.15, -0.1) is 0 Å². The van der Waals surface area contributed by atoms with Crippen LogP contribution in [0.2, 0.25) is 0 Å². The predicted molar refractivity (Wildman–Crippen MR) is 97.2 cm³/mol. The molecule has 0 aliphatic heterocycles. The third kappa shape index (κ3) is 3.91. The molecule has 1 amide bonds. The fourth-order valence-corrected chi connectivity index (χ4v) is 2.87. The Morgan fingerprint density at radius 2 is 1.96 bits per heavy atom. The number of nitrogens with zero attached hydrogens (tertiary/aromatic N) is 1. The second-order valence-corrected chi connectivity index (χ2v) is 6.43. The largest absolute Gasteiger partial charge is 0.317 e. The first kappa shape index (κ1) is 17.5. The van der Waals surface area contributed by atoms with Gasteiger partial charge in [-0.2, -0.15) is 0 Å². The molecule has 0 radical (unpaired) electrons. The maximum absolute atomic E-state index is 12.6. The molecule has 0 fully saturated rings. The van der Waals surface area contributed by atoms with Gasteiger partial charge in [-0.3, -0.25) is 9.59 Å². The molecule has 5 heteroatoms. The smallest absolute Gasteiger partial charge is 0.274 e. The third-order valence-corrected chi connectivity index (χ3v) is 4.61. The molecule has 23 heavy (non-hydrogen) atoms. The number of unbranched alkanes of at least 4 members (excludes halogenated alkanes) is 1. The number of benzene rings is 1. The van der Waals surface area contributed by atoms with Crippen molar-refractivity contribution in [1.82, 2.24) is 4.57 Å². The minimum atomic E-state index is -0.292. The molecule has 0 aliphatic carbocycles. The van der Waals surface area contributed by atoms with Crippen molar-refractivity contribution in [3.05, 3.63) is 62.0 Å². The average molecular weight is 377 g/mol. The number of aromatic nitrogens is 1. The van der Waals surface area contributed by atoms with Gasteiger partial charge < -0.3 is 9.88 Å². The molecule has 0 aliphatic rings. The first-order valence-electron chi connectivity index (χ1n) is 7.72. The van der Waals surface area contributed by atoms with Gasteiger partial charge in [0.1, 0.15) is 5.69 Å². The highest BCUT2D eigenvalue weighted by Gasteiger charge is 2.14. The molecule has 1 N–H and O–H groups in total. The van der Waals surface area contributed by atoms with Crippen LogP contribution in [0.4, 0.5) is 5.69 Å². The van der Waals surface area contributed by atoms with E-state index in [1.165, 1.54) is 0 Å². The van der Waals surface area contributed by atoms with Crippen LogP contribution in [0.3, 0.4) is 0 Å². The summed E-state index contributed by atoms with van der Waals surface area (Å²) in [7, 11) is 0. The molecule has 122 valence electrons. The van der Waals surface area contributed by atoms with Gasteiger partial charge in [0, 0.05) is 16.7 Å². The number of anilines is 1. The summed E-state index contributed by atoms with van der Waals surface area (Å²) in [5.74, 6) is -0.292. The Labute approximate surface area is 144 Å². The quantitative estimate of drug-likeness (QED) is 0.846. The number of aryl methyl sites for hydroxylation is 1. The topological polar surface area (TPSA) is 51.1 Å². The Kier molecular flexibility index (Phi) is 5.77. The van der Waals surface area contributed by atoms with Crippen molar-refractivity contribution >= 4 is 27.5 Å². The van der Waals surface area contributed by atoms with Crippen LogP contribution in [0, 0.1) is 13.8 Å². The Morgan fingerprint density at radius 3 is 2.61 bits per heavy atom. The first-order valence-corrected chi connectivity index (χ1v) is 8.52. The summed E-state index contributed by atoms with van der Waals surface area (Å²) in [6.45, 7) is 6.64. The van der Waals surface area contributed by atoms with E-state index in [1.807, 2.05) is 19.9 Å². The number of pyridine rings is 1. The van der Waals surface area contributed by atoms with Crippen LogP contribution >= 0.6 is 15.9 Å². The number of carbonyl (C=O) groups is 1. The predicted octanol–water partition coefficient (Wildman–Crippen LogP) is 4.28. The number of rotatable bonds is 5. The summed E-state index contributed by atoms with van der Waals surface area (Å²) < 4.78 is 2.45. The van der Waals surface area contributed by atoms with Crippen LogP contribution in [0.1, 0.15) is 41.4 Å².